The first-order valence-electron chi connectivity index (χ1n) is 9.83. The van der Waals surface area contributed by atoms with Gasteiger partial charge in [0.05, 0.1) is 34.8 Å². The number of methoxy groups -OCH3 is 2. The van der Waals surface area contributed by atoms with Gasteiger partial charge in [-0.1, -0.05) is 53.0 Å². The molecule has 0 saturated heterocycles. The van der Waals surface area contributed by atoms with Crippen LogP contribution in [-0.2, 0) is 21.2 Å². The Bertz CT molecular complexity index is 1330. The molecule has 0 aliphatic rings. The van der Waals surface area contributed by atoms with E-state index in [4.69, 9.17) is 50.0 Å². The average molecular weight is 544 g/mol. The molecule has 2 N–H and O–H groups in total. The van der Waals surface area contributed by atoms with Crippen LogP contribution in [0.3, 0.4) is 0 Å². The van der Waals surface area contributed by atoms with E-state index in [0.717, 1.165) is 9.87 Å². The zero-order valence-electron chi connectivity index (χ0n) is 18.2. The second-order valence-corrected chi connectivity index (χ2v) is 10.2. The van der Waals surface area contributed by atoms with Crippen LogP contribution in [0.5, 0.6) is 11.5 Å². The third-order valence-corrected chi connectivity index (χ3v) is 7.82. The van der Waals surface area contributed by atoms with Crippen LogP contribution >= 0.6 is 34.8 Å². The SMILES string of the molecule is COc1ccc(S(=O)(=O)N(CC(N)=O)c2cc(Cl)c(Cl)cc2Cc2ccccc2Cl)cc1OC. The summed E-state index contributed by atoms with van der Waals surface area (Å²) in [4.78, 5) is 11.8. The molecule has 0 aliphatic carbocycles. The van der Waals surface area contributed by atoms with Crippen molar-refractivity contribution in [1.29, 1.82) is 0 Å². The van der Waals surface area contributed by atoms with Crippen LogP contribution < -0.4 is 19.5 Å². The van der Waals surface area contributed by atoms with Gasteiger partial charge in [-0.3, -0.25) is 9.10 Å². The third-order valence-electron chi connectivity index (χ3n) is 4.97. The molecule has 0 radical (unpaired) electrons. The number of carbonyl (C=O) groups excluding carboxylic acids is 1. The van der Waals surface area contributed by atoms with Crippen molar-refractivity contribution in [2.45, 2.75) is 11.3 Å². The predicted octanol–water partition coefficient (Wildman–Crippen LogP) is 4.94. The van der Waals surface area contributed by atoms with Crippen LogP contribution in [0.25, 0.3) is 0 Å². The predicted molar refractivity (Wildman–Crippen MR) is 134 cm³/mol. The van der Waals surface area contributed by atoms with Gasteiger partial charge in [0.1, 0.15) is 6.54 Å². The highest BCUT2D eigenvalue weighted by atomic mass is 35.5. The van der Waals surface area contributed by atoms with Crippen LogP contribution in [0.15, 0.2) is 59.5 Å². The molecule has 0 fully saturated rings. The van der Waals surface area contributed by atoms with Gasteiger partial charge in [-0.2, -0.15) is 0 Å². The van der Waals surface area contributed by atoms with E-state index in [1.165, 1.54) is 38.5 Å². The molecule has 0 bridgehead atoms. The van der Waals surface area contributed by atoms with Gasteiger partial charge in [-0.05, 0) is 41.5 Å². The Balaban J connectivity index is 2.21. The molecule has 7 nitrogen and oxygen atoms in total. The number of amides is 1. The molecular weight excluding hydrogens is 523 g/mol. The first-order chi connectivity index (χ1) is 16.1. The molecule has 3 rings (SSSR count). The summed E-state index contributed by atoms with van der Waals surface area (Å²) in [7, 11) is -1.48. The van der Waals surface area contributed by atoms with Gasteiger partial charge in [-0.25, -0.2) is 8.42 Å². The molecule has 11 heteroatoms. The zero-order valence-corrected chi connectivity index (χ0v) is 21.3. The number of primary amides is 1. The summed E-state index contributed by atoms with van der Waals surface area (Å²) in [6.07, 6.45) is 0.225. The molecule has 3 aromatic carbocycles. The van der Waals surface area contributed by atoms with Crippen molar-refractivity contribution in [2.75, 3.05) is 25.1 Å². The van der Waals surface area contributed by atoms with E-state index in [1.807, 2.05) is 0 Å². The number of benzene rings is 3. The number of carbonyl (C=O) groups is 1. The first-order valence-corrected chi connectivity index (χ1v) is 12.4. The van der Waals surface area contributed by atoms with E-state index in [9.17, 15) is 13.2 Å². The highest BCUT2D eigenvalue weighted by Crippen LogP contribution is 2.37. The summed E-state index contributed by atoms with van der Waals surface area (Å²) in [5.74, 6) is -0.316. The molecule has 3 aromatic rings. The Hall–Kier alpha value is -2.65. The van der Waals surface area contributed by atoms with Crippen molar-refractivity contribution in [2.24, 2.45) is 5.73 Å². The second-order valence-electron chi connectivity index (χ2n) is 7.16. The van der Waals surface area contributed by atoms with E-state index < -0.39 is 22.5 Å². The molecule has 0 spiro atoms. The Labute approximate surface area is 213 Å². The van der Waals surface area contributed by atoms with E-state index in [-0.39, 0.29) is 32.8 Å². The van der Waals surface area contributed by atoms with Gasteiger partial charge in [0, 0.05) is 17.5 Å². The lowest BCUT2D eigenvalue weighted by Crippen LogP contribution is -2.39. The second kappa shape index (κ2) is 10.7. The Morgan fingerprint density at radius 2 is 1.53 bits per heavy atom. The van der Waals surface area contributed by atoms with E-state index in [2.05, 4.69) is 0 Å². The minimum absolute atomic E-state index is 0.108. The number of hydrogen-bond donors (Lipinski definition) is 1. The van der Waals surface area contributed by atoms with Crippen molar-refractivity contribution in [3.63, 3.8) is 0 Å². The summed E-state index contributed by atoms with van der Waals surface area (Å²) in [5, 5.41) is 0.815. The van der Waals surface area contributed by atoms with Crippen LogP contribution in [0.1, 0.15) is 11.1 Å². The molecule has 34 heavy (non-hydrogen) atoms. The fourth-order valence-corrected chi connectivity index (χ4v) is 5.37. The van der Waals surface area contributed by atoms with E-state index in [0.29, 0.717) is 16.3 Å². The number of sulfonamides is 1. The van der Waals surface area contributed by atoms with Crippen molar-refractivity contribution in [3.8, 4) is 11.5 Å². The van der Waals surface area contributed by atoms with Gasteiger partial charge >= 0.3 is 0 Å². The van der Waals surface area contributed by atoms with Gasteiger partial charge in [0.15, 0.2) is 11.5 Å². The molecule has 0 aliphatic heterocycles. The summed E-state index contributed by atoms with van der Waals surface area (Å²) in [6, 6.07) is 14.1. The Morgan fingerprint density at radius 3 is 2.15 bits per heavy atom. The van der Waals surface area contributed by atoms with Gasteiger partial charge in [0.25, 0.3) is 10.0 Å². The maximum Gasteiger partial charge on any atom is 0.264 e. The van der Waals surface area contributed by atoms with E-state index in [1.54, 1.807) is 30.3 Å². The minimum atomic E-state index is -4.30. The summed E-state index contributed by atoms with van der Waals surface area (Å²) < 4.78 is 38.8. The lowest BCUT2D eigenvalue weighted by atomic mass is 10.0. The van der Waals surface area contributed by atoms with Crippen molar-refractivity contribution >= 4 is 56.4 Å². The highest BCUT2D eigenvalue weighted by Gasteiger charge is 2.30. The van der Waals surface area contributed by atoms with E-state index >= 15 is 0 Å². The third kappa shape index (κ3) is 5.52. The quantitative estimate of drug-likeness (QED) is 0.412. The summed E-state index contributed by atoms with van der Waals surface area (Å²) in [5.41, 5.74) is 6.78. The molecule has 0 heterocycles. The molecule has 0 saturated carbocycles. The van der Waals surface area contributed by atoms with Crippen LogP contribution in [0.4, 0.5) is 5.69 Å². The Kier molecular flexibility index (Phi) is 8.20. The van der Waals surface area contributed by atoms with Gasteiger partial charge in [-0.15, -0.1) is 0 Å². The zero-order chi connectivity index (χ0) is 25.0. The Morgan fingerprint density at radius 1 is 0.882 bits per heavy atom. The molecule has 0 unspecified atom stereocenters. The minimum Gasteiger partial charge on any atom is -0.493 e. The highest BCUT2D eigenvalue weighted by molar-refractivity contribution is 7.92. The largest absolute Gasteiger partial charge is 0.493 e. The number of rotatable bonds is 9. The smallest absolute Gasteiger partial charge is 0.264 e. The van der Waals surface area contributed by atoms with Crippen LogP contribution in [0.2, 0.25) is 15.1 Å². The normalized spacial score (nSPS) is 11.2. The maximum absolute atomic E-state index is 13.7. The van der Waals surface area contributed by atoms with Gasteiger partial charge in [0.2, 0.25) is 5.91 Å². The fourth-order valence-electron chi connectivity index (χ4n) is 3.34. The molecule has 1 amide bonds. The van der Waals surface area contributed by atoms with Gasteiger partial charge < -0.3 is 15.2 Å². The average Bonchev–Trinajstić information content (AvgIpc) is 2.80. The standard InChI is InChI=1S/C23H21Cl3N2O5S/c1-32-21-8-7-16(11-22(21)33-2)34(30,31)28(13-23(27)29)20-12-19(26)18(25)10-15(20)9-14-5-3-4-6-17(14)24/h3-8,10-12H,9,13H2,1-2H3,(H2,27,29). The van der Waals surface area contributed by atoms with Crippen LogP contribution in [-0.4, -0.2) is 35.1 Å². The molecule has 0 aromatic heterocycles. The molecule has 180 valence electrons. The lowest BCUT2D eigenvalue weighted by molar-refractivity contribution is -0.116. The number of ether oxygens (including phenoxy) is 2. The van der Waals surface area contributed by atoms with Crippen LogP contribution in [0, 0.1) is 0 Å². The molecule has 0 atom stereocenters. The maximum atomic E-state index is 13.7. The monoisotopic (exact) mass is 542 g/mol. The fraction of sp³-hybridized carbons (Fsp3) is 0.174. The van der Waals surface area contributed by atoms with Crippen molar-refractivity contribution in [1.82, 2.24) is 0 Å². The topological polar surface area (TPSA) is 98.9 Å². The molecular formula is C23H21Cl3N2O5S. The number of anilines is 1. The number of hydrogen-bond acceptors (Lipinski definition) is 5. The number of halogens is 3. The van der Waals surface area contributed by atoms with Crippen molar-refractivity contribution < 1.29 is 22.7 Å². The van der Waals surface area contributed by atoms with Crippen molar-refractivity contribution in [3.05, 3.63) is 80.8 Å². The summed E-state index contributed by atoms with van der Waals surface area (Å²) >= 11 is 18.8. The number of nitrogens with zero attached hydrogens (tertiary/aromatic N) is 1. The summed E-state index contributed by atoms with van der Waals surface area (Å²) in [6.45, 7) is -0.635. The number of nitrogens with two attached hydrogens (primary N) is 1. The first kappa shape index (κ1) is 26.0. The lowest BCUT2D eigenvalue weighted by Gasteiger charge is -2.26.